The highest BCUT2D eigenvalue weighted by Crippen LogP contribution is 2.21. The molecule has 0 saturated heterocycles. The first kappa shape index (κ1) is 13.6. The summed E-state index contributed by atoms with van der Waals surface area (Å²) in [5, 5.41) is 4.08. The number of nitrogens with one attached hydrogen (secondary N) is 1. The Labute approximate surface area is 113 Å². The van der Waals surface area contributed by atoms with Crippen LogP contribution in [-0.4, -0.2) is 24.8 Å². The first-order chi connectivity index (χ1) is 9.13. The number of hydrogen-bond donors (Lipinski definition) is 1. The lowest BCUT2D eigenvalue weighted by atomic mass is 10.2. The van der Waals surface area contributed by atoms with Crippen LogP contribution in [0.1, 0.15) is 19.9 Å². The van der Waals surface area contributed by atoms with Gasteiger partial charge in [-0.05, 0) is 44.5 Å². The first-order valence-corrected chi connectivity index (χ1v) is 6.56. The van der Waals surface area contributed by atoms with Gasteiger partial charge in [0.2, 0.25) is 0 Å². The predicted octanol–water partition coefficient (Wildman–Crippen LogP) is 2.18. The summed E-state index contributed by atoms with van der Waals surface area (Å²) >= 11 is 0. The number of rotatable bonds is 5. The van der Waals surface area contributed by atoms with E-state index in [2.05, 4.69) is 5.32 Å². The topological polar surface area (TPSA) is 43.3 Å². The van der Waals surface area contributed by atoms with Crippen molar-refractivity contribution >= 4 is 10.9 Å². The number of likely N-dealkylation sites (N-methyl/N-ethyl adjacent to an activating group) is 1. The summed E-state index contributed by atoms with van der Waals surface area (Å²) in [7, 11) is 1.89. The average molecular weight is 260 g/mol. The molecule has 0 unspecified atom stereocenters. The van der Waals surface area contributed by atoms with Crippen molar-refractivity contribution in [2.75, 3.05) is 20.2 Å². The van der Waals surface area contributed by atoms with Crippen molar-refractivity contribution in [2.24, 2.45) is 0 Å². The number of ether oxygens (including phenoxy) is 1. The van der Waals surface area contributed by atoms with Gasteiger partial charge in [-0.15, -0.1) is 0 Å². The summed E-state index contributed by atoms with van der Waals surface area (Å²) in [6.45, 7) is 5.43. The number of hydrogen-bond acceptors (Lipinski definition) is 3. The van der Waals surface area contributed by atoms with Crippen LogP contribution in [-0.2, 0) is 0 Å². The summed E-state index contributed by atoms with van der Waals surface area (Å²) in [5.41, 5.74) is 0.944. The van der Waals surface area contributed by atoms with E-state index in [1.165, 1.54) is 0 Å². The summed E-state index contributed by atoms with van der Waals surface area (Å²) in [6, 6.07) is 9.46. The molecule has 0 aliphatic rings. The Morgan fingerprint density at radius 3 is 2.68 bits per heavy atom. The van der Waals surface area contributed by atoms with Crippen LogP contribution in [0.15, 0.2) is 35.1 Å². The van der Waals surface area contributed by atoms with Gasteiger partial charge in [0.1, 0.15) is 12.4 Å². The molecule has 102 valence electrons. The maximum atomic E-state index is 12.0. The van der Waals surface area contributed by atoms with Gasteiger partial charge in [0.25, 0.3) is 5.56 Å². The molecule has 1 aromatic carbocycles. The van der Waals surface area contributed by atoms with Gasteiger partial charge >= 0.3 is 0 Å². The van der Waals surface area contributed by atoms with Crippen LogP contribution in [0.2, 0.25) is 0 Å². The fourth-order valence-corrected chi connectivity index (χ4v) is 2.13. The fraction of sp³-hybridized carbons (Fsp3) is 0.400. The zero-order chi connectivity index (χ0) is 13.8. The molecule has 2 rings (SSSR count). The molecule has 1 aromatic heterocycles. The van der Waals surface area contributed by atoms with Crippen LogP contribution in [0.5, 0.6) is 5.75 Å². The maximum Gasteiger partial charge on any atom is 0.251 e. The fourth-order valence-electron chi connectivity index (χ4n) is 2.13. The summed E-state index contributed by atoms with van der Waals surface area (Å²) < 4.78 is 7.44. The van der Waals surface area contributed by atoms with Crippen LogP contribution in [0.25, 0.3) is 10.9 Å². The molecule has 1 N–H and O–H groups in total. The predicted molar refractivity (Wildman–Crippen MR) is 78.0 cm³/mol. The van der Waals surface area contributed by atoms with E-state index in [-0.39, 0.29) is 11.6 Å². The van der Waals surface area contributed by atoms with Crippen LogP contribution < -0.4 is 15.6 Å². The van der Waals surface area contributed by atoms with Gasteiger partial charge in [0.05, 0.1) is 5.52 Å². The molecule has 0 bridgehead atoms. The Morgan fingerprint density at radius 2 is 2.00 bits per heavy atom. The Hall–Kier alpha value is -1.81. The lowest BCUT2D eigenvalue weighted by molar-refractivity contribution is 0.318. The van der Waals surface area contributed by atoms with Crippen molar-refractivity contribution in [3.63, 3.8) is 0 Å². The van der Waals surface area contributed by atoms with E-state index in [0.717, 1.165) is 23.2 Å². The number of fused-ring (bicyclic) bond motifs is 1. The summed E-state index contributed by atoms with van der Waals surface area (Å²) in [4.78, 5) is 12.0. The Bertz CT molecular complexity index is 617. The normalized spacial score (nSPS) is 11.2. The second kappa shape index (κ2) is 5.89. The molecule has 0 aliphatic carbocycles. The van der Waals surface area contributed by atoms with E-state index in [1.807, 2.05) is 45.2 Å². The standard InChI is InChI=1S/C15H20N2O2/c1-11(2)17-14-10-13(19-9-8-16-3)6-4-12(14)5-7-15(17)18/h4-7,10-11,16H,8-9H2,1-3H3. The third-order valence-electron chi connectivity index (χ3n) is 3.04. The molecule has 0 spiro atoms. The van der Waals surface area contributed by atoms with Crippen molar-refractivity contribution in [3.8, 4) is 5.75 Å². The van der Waals surface area contributed by atoms with Crippen LogP contribution in [0, 0.1) is 0 Å². The molecule has 0 radical (unpaired) electrons. The van der Waals surface area contributed by atoms with Crippen molar-refractivity contribution in [1.29, 1.82) is 0 Å². The van der Waals surface area contributed by atoms with Crippen molar-refractivity contribution < 1.29 is 4.74 Å². The Morgan fingerprint density at radius 1 is 1.26 bits per heavy atom. The number of benzene rings is 1. The van der Waals surface area contributed by atoms with Gasteiger partial charge in [-0.1, -0.05) is 0 Å². The molecular formula is C15H20N2O2. The third-order valence-corrected chi connectivity index (χ3v) is 3.04. The second-order valence-electron chi connectivity index (χ2n) is 4.81. The van der Waals surface area contributed by atoms with E-state index < -0.39 is 0 Å². The zero-order valence-electron chi connectivity index (χ0n) is 11.6. The van der Waals surface area contributed by atoms with Crippen molar-refractivity contribution in [2.45, 2.75) is 19.9 Å². The van der Waals surface area contributed by atoms with Gasteiger partial charge in [-0.25, -0.2) is 0 Å². The van der Waals surface area contributed by atoms with E-state index in [0.29, 0.717) is 6.61 Å². The van der Waals surface area contributed by atoms with E-state index in [4.69, 9.17) is 4.74 Å². The summed E-state index contributed by atoms with van der Waals surface area (Å²) in [5.74, 6) is 0.794. The number of nitrogens with zero attached hydrogens (tertiary/aromatic N) is 1. The van der Waals surface area contributed by atoms with Crippen molar-refractivity contribution in [3.05, 3.63) is 40.7 Å². The molecule has 0 fully saturated rings. The third kappa shape index (κ3) is 2.96. The number of aromatic nitrogens is 1. The minimum atomic E-state index is 0.0230. The minimum Gasteiger partial charge on any atom is -0.492 e. The first-order valence-electron chi connectivity index (χ1n) is 6.56. The van der Waals surface area contributed by atoms with Crippen LogP contribution in [0.3, 0.4) is 0 Å². The highest BCUT2D eigenvalue weighted by atomic mass is 16.5. The molecule has 4 nitrogen and oxygen atoms in total. The highest BCUT2D eigenvalue weighted by Gasteiger charge is 2.07. The van der Waals surface area contributed by atoms with Crippen molar-refractivity contribution in [1.82, 2.24) is 9.88 Å². The van der Waals surface area contributed by atoms with Crippen LogP contribution >= 0.6 is 0 Å². The zero-order valence-corrected chi connectivity index (χ0v) is 11.6. The molecule has 2 aromatic rings. The van der Waals surface area contributed by atoms with Gasteiger partial charge in [-0.2, -0.15) is 0 Å². The SMILES string of the molecule is CNCCOc1ccc2ccc(=O)n(C(C)C)c2c1. The largest absolute Gasteiger partial charge is 0.492 e. The minimum absolute atomic E-state index is 0.0230. The monoisotopic (exact) mass is 260 g/mol. The molecule has 0 saturated carbocycles. The molecule has 1 heterocycles. The highest BCUT2D eigenvalue weighted by molar-refractivity contribution is 5.80. The molecule has 0 amide bonds. The molecule has 19 heavy (non-hydrogen) atoms. The van der Waals surface area contributed by atoms with Crippen LogP contribution in [0.4, 0.5) is 0 Å². The molecular weight excluding hydrogens is 240 g/mol. The lowest BCUT2D eigenvalue weighted by Crippen LogP contribution is -2.21. The Kier molecular flexibility index (Phi) is 4.22. The quantitative estimate of drug-likeness (QED) is 0.838. The molecule has 0 atom stereocenters. The van der Waals surface area contributed by atoms with Gasteiger partial charge in [0.15, 0.2) is 0 Å². The van der Waals surface area contributed by atoms with E-state index >= 15 is 0 Å². The van der Waals surface area contributed by atoms with Gasteiger partial charge < -0.3 is 14.6 Å². The lowest BCUT2D eigenvalue weighted by Gasteiger charge is -2.15. The Balaban J connectivity index is 2.44. The number of pyridine rings is 1. The smallest absolute Gasteiger partial charge is 0.251 e. The van der Waals surface area contributed by atoms with E-state index in [1.54, 1.807) is 10.6 Å². The maximum absolute atomic E-state index is 12.0. The van der Waals surface area contributed by atoms with E-state index in [9.17, 15) is 4.79 Å². The molecule has 0 aliphatic heterocycles. The van der Waals surface area contributed by atoms with Gasteiger partial charge in [-0.3, -0.25) is 4.79 Å². The molecule has 4 heteroatoms. The average Bonchev–Trinajstić information content (AvgIpc) is 2.38. The second-order valence-corrected chi connectivity index (χ2v) is 4.81. The van der Waals surface area contributed by atoms with Gasteiger partial charge in [0, 0.05) is 24.7 Å². The summed E-state index contributed by atoms with van der Waals surface area (Å²) in [6.07, 6.45) is 0.